The maximum Gasteiger partial charge on any atom is 0.259 e. The van der Waals surface area contributed by atoms with Crippen molar-refractivity contribution in [3.05, 3.63) is 64.4 Å². The summed E-state index contributed by atoms with van der Waals surface area (Å²) in [7, 11) is 3.11. The molecule has 0 saturated heterocycles. The second-order valence-corrected chi connectivity index (χ2v) is 6.27. The normalized spacial score (nSPS) is 12.0. The molecule has 136 valence electrons. The van der Waals surface area contributed by atoms with Gasteiger partial charge in [-0.15, -0.1) is 0 Å². The standard InChI is InChI=1S/C18H18N2O5S/c1-24-16-9-13-5-8-18(21)20(15(13)10-17(16)25-2)11-12-3-6-14(7-4-12)19-26(22)23/h3-10,19H,11H2,1-2H3,(H,22,23). The van der Waals surface area contributed by atoms with Crippen molar-refractivity contribution < 1.29 is 18.2 Å². The van der Waals surface area contributed by atoms with Crippen molar-refractivity contribution in [1.82, 2.24) is 4.57 Å². The number of fused-ring (bicyclic) bond motifs is 1. The fourth-order valence-electron chi connectivity index (χ4n) is 2.75. The largest absolute Gasteiger partial charge is 0.493 e. The highest BCUT2D eigenvalue weighted by Crippen LogP contribution is 2.31. The zero-order chi connectivity index (χ0) is 18.7. The lowest BCUT2D eigenvalue weighted by Crippen LogP contribution is -2.20. The van der Waals surface area contributed by atoms with Crippen molar-refractivity contribution in [2.24, 2.45) is 0 Å². The lowest BCUT2D eigenvalue weighted by Gasteiger charge is -2.14. The summed E-state index contributed by atoms with van der Waals surface area (Å²) in [4.78, 5) is 12.4. The minimum absolute atomic E-state index is 0.136. The number of ether oxygens (including phenoxy) is 2. The van der Waals surface area contributed by atoms with E-state index in [0.717, 1.165) is 16.5 Å². The number of nitrogens with zero attached hydrogens (tertiary/aromatic N) is 1. The quantitative estimate of drug-likeness (QED) is 0.648. The van der Waals surface area contributed by atoms with Gasteiger partial charge >= 0.3 is 0 Å². The molecule has 0 saturated carbocycles. The summed E-state index contributed by atoms with van der Waals surface area (Å²) >= 11 is -2.12. The summed E-state index contributed by atoms with van der Waals surface area (Å²) < 4.78 is 34.3. The molecule has 2 aromatic carbocycles. The van der Waals surface area contributed by atoms with Crippen LogP contribution in [0.1, 0.15) is 5.56 Å². The summed E-state index contributed by atoms with van der Waals surface area (Å²) in [5, 5.41) is 0.858. The monoisotopic (exact) mass is 374 g/mol. The number of hydrogen-bond donors (Lipinski definition) is 2. The number of benzene rings is 2. The Morgan fingerprint density at radius 1 is 1.04 bits per heavy atom. The Hall–Kier alpha value is -2.84. The molecule has 0 amide bonds. The van der Waals surface area contributed by atoms with E-state index in [4.69, 9.17) is 14.0 Å². The molecule has 0 aliphatic heterocycles. The van der Waals surface area contributed by atoms with E-state index in [1.165, 1.54) is 6.07 Å². The molecular formula is C18H18N2O5S. The minimum Gasteiger partial charge on any atom is -0.493 e. The molecule has 1 atom stereocenters. The molecule has 0 spiro atoms. The first-order chi connectivity index (χ1) is 12.5. The Morgan fingerprint density at radius 2 is 1.69 bits per heavy atom. The number of anilines is 1. The summed E-state index contributed by atoms with van der Waals surface area (Å²) in [6.07, 6.45) is 0. The first-order valence-electron chi connectivity index (χ1n) is 7.74. The van der Waals surface area contributed by atoms with Gasteiger partial charge in [-0.2, -0.15) is 0 Å². The lowest BCUT2D eigenvalue weighted by molar-refractivity contribution is 0.355. The van der Waals surface area contributed by atoms with Crippen LogP contribution in [0.2, 0.25) is 0 Å². The maximum atomic E-state index is 12.4. The Kier molecular flexibility index (Phi) is 5.24. The number of aromatic nitrogens is 1. The first kappa shape index (κ1) is 18.0. The van der Waals surface area contributed by atoms with Gasteiger partial charge in [0.25, 0.3) is 16.8 Å². The van der Waals surface area contributed by atoms with E-state index in [0.29, 0.717) is 23.7 Å². The predicted octanol–water partition coefficient (Wildman–Crippen LogP) is 2.62. The highest BCUT2D eigenvalue weighted by Gasteiger charge is 2.10. The van der Waals surface area contributed by atoms with Gasteiger partial charge in [-0.1, -0.05) is 12.1 Å². The molecule has 26 heavy (non-hydrogen) atoms. The van der Waals surface area contributed by atoms with E-state index in [9.17, 15) is 9.00 Å². The van der Waals surface area contributed by atoms with Crippen LogP contribution in [0.5, 0.6) is 11.5 Å². The molecule has 8 heteroatoms. The smallest absolute Gasteiger partial charge is 0.259 e. The highest BCUT2D eigenvalue weighted by atomic mass is 32.2. The number of methoxy groups -OCH3 is 2. The predicted molar refractivity (Wildman–Crippen MR) is 101 cm³/mol. The Morgan fingerprint density at radius 3 is 2.31 bits per heavy atom. The van der Waals surface area contributed by atoms with Crippen LogP contribution in [0.3, 0.4) is 0 Å². The van der Waals surface area contributed by atoms with Crippen LogP contribution in [0.25, 0.3) is 10.9 Å². The van der Waals surface area contributed by atoms with E-state index in [1.807, 2.05) is 6.07 Å². The average Bonchev–Trinajstić information content (AvgIpc) is 2.64. The van der Waals surface area contributed by atoms with Gasteiger partial charge in [-0.25, -0.2) is 4.21 Å². The van der Waals surface area contributed by atoms with Crippen molar-refractivity contribution in [3.8, 4) is 11.5 Å². The van der Waals surface area contributed by atoms with Crippen LogP contribution >= 0.6 is 0 Å². The summed E-state index contributed by atoms with van der Waals surface area (Å²) in [6.45, 7) is 0.355. The third-order valence-corrected chi connectivity index (χ3v) is 4.41. The molecule has 1 unspecified atom stereocenters. The SMILES string of the molecule is COc1cc2ccc(=O)n(Cc3ccc(NS(=O)O)cc3)c2cc1OC. The number of pyridine rings is 1. The summed E-state index contributed by atoms with van der Waals surface area (Å²) in [6, 6.07) is 13.8. The lowest BCUT2D eigenvalue weighted by atomic mass is 10.1. The molecule has 7 nitrogen and oxygen atoms in total. The van der Waals surface area contributed by atoms with E-state index < -0.39 is 11.3 Å². The first-order valence-corrected chi connectivity index (χ1v) is 8.84. The molecule has 0 radical (unpaired) electrons. The molecule has 1 heterocycles. The van der Waals surface area contributed by atoms with Crippen LogP contribution in [-0.2, 0) is 17.8 Å². The topological polar surface area (TPSA) is 89.8 Å². The molecule has 0 fully saturated rings. The Bertz CT molecular complexity index is 1010. The number of rotatable bonds is 6. The Balaban J connectivity index is 2.02. The molecule has 1 aromatic heterocycles. The third kappa shape index (κ3) is 3.71. The van der Waals surface area contributed by atoms with E-state index >= 15 is 0 Å². The molecule has 3 rings (SSSR count). The molecule has 0 aliphatic rings. The van der Waals surface area contributed by atoms with Gasteiger partial charge in [0.1, 0.15) is 0 Å². The van der Waals surface area contributed by atoms with Crippen LogP contribution in [0.4, 0.5) is 5.69 Å². The molecule has 0 bridgehead atoms. The third-order valence-electron chi connectivity index (χ3n) is 3.99. The zero-order valence-corrected chi connectivity index (χ0v) is 15.1. The summed E-state index contributed by atoms with van der Waals surface area (Å²) in [5.41, 5.74) is 1.99. The summed E-state index contributed by atoms with van der Waals surface area (Å²) in [5.74, 6) is 1.14. The van der Waals surface area contributed by atoms with Crippen molar-refractivity contribution in [2.75, 3.05) is 18.9 Å². The van der Waals surface area contributed by atoms with Gasteiger partial charge in [-0.05, 0) is 29.8 Å². The van der Waals surface area contributed by atoms with Gasteiger partial charge in [0.2, 0.25) is 0 Å². The highest BCUT2D eigenvalue weighted by molar-refractivity contribution is 7.80. The van der Waals surface area contributed by atoms with Crippen LogP contribution in [0, 0.1) is 0 Å². The minimum atomic E-state index is -2.12. The molecule has 2 N–H and O–H groups in total. The van der Waals surface area contributed by atoms with Crippen LogP contribution in [-0.4, -0.2) is 27.5 Å². The zero-order valence-electron chi connectivity index (χ0n) is 14.3. The van der Waals surface area contributed by atoms with Crippen LogP contribution in [0.15, 0.2) is 53.3 Å². The number of hydrogen-bond acceptors (Lipinski definition) is 4. The molecule has 3 aromatic rings. The molecule has 0 aliphatic carbocycles. The van der Waals surface area contributed by atoms with Crippen LogP contribution < -0.4 is 19.8 Å². The van der Waals surface area contributed by atoms with Gasteiger partial charge < -0.3 is 14.0 Å². The number of nitrogens with one attached hydrogen (secondary N) is 1. The van der Waals surface area contributed by atoms with Crippen molar-refractivity contribution in [1.29, 1.82) is 0 Å². The van der Waals surface area contributed by atoms with Gasteiger partial charge in [0.15, 0.2) is 11.5 Å². The van der Waals surface area contributed by atoms with E-state index in [-0.39, 0.29) is 5.56 Å². The van der Waals surface area contributed by atoms with E-state index in [2.05, 4.69) is 4.72 Å². The van der Waals surface area contributed by atoms with Crippen molar-refractivity contribution in [3.63, 3.8) is 0 Å². The van der Waals surface area contributed by atoms with Crippen molar-refractivity contribution >= 4 is 27.9 Å². The fourth-order valence-corrected chi connectivity index (χ4v) is 3.08. The average molecular weight is 374 g/mol. The van der Waals surface area contributed by atoms with Gasteiger partial charge in [0.05, 0.1) is 26.3 Å². The Labute approximate surface area is 152 Å². The van der Waals surface area contributed by atoms with Gasteiger partial charge in [-0.3, -0.25) is 14.1 Å². The fraction of sp³-hybridized carbons (Fsp3) is 0.167. The van der Waals surface area contributed by atoms with Gasteiger partial charge in [0, 0.05) is 23.2 Å². The second kappa shape index (κ2) is 7.59. The second-order valence-electron chi connectivity index (χ2n) is 5.57. The van der Waals surface area contributed by atoms with Crippen molar-refractivity contribution in [2.45, 2.75) is 6.54 Å². The van der Waals surface area contributed by atoms with E-state index in [1.54, 1.807) is 55.2 Å². The molecular weight excluding hydrogens is 356 g/mol. The maximum absolute atomic E-state index is 12.4.